The molecule has 2 heterocycles. The molecule has 6 heteroatoms. The Bertz CT molecular complexity index is 301. The molecule has 1 aromatic heterocycles. The Morgan fingerprint density at radius 2 is 2.57 bits per heavy atom. The number of hydrogen-bond acceptors (Lipinski definition) is 4. The second-order valence-corrected chi connectivity index (χ2v) is 4.32. The third kappa shape index (κ3) is 1.82. The maximum absolute atomic E-state index is 5.12. The van der Waals surface area contributed by atoms with Crippen molar-refractivity contribution in [3.63, 3.8) is 0 Å². The van der Waals surface area contributed by atoms with Crippen molar-refractivity contribution in [2.75, 3.05) is 26.9 Å². The van der Waals surface area contributed by atoms with Gasteiger partial charge in [-0.3, -0.25) is 0 Å². The topological polar surface area (TPSA) is 49.2 Å². The van der Waals surface area contributed by atoms with Crippen LogP contribution in [-0.2, 0) is 9.47 Å². The Labute approximate surface area is 90.5 Å². The molecule has 1 unspecified atom stereocenters. The molecule has 1 aliphatic heterocycles. The van der Waals surface area contributed by atoms with Crippen LogP contribution < -0.4 is 0 Å². The van der Waals surface area contributed by atoms with E-state index in [1.54, 1.807) is 13.3 Å². The van der Waals surface area contributed by atoms with Gasteiger partial charge in [0.15, 0.2) is 0 Å². The third-order valence-electron chi connectivity index (χ3n) is 2.20. The molecule has 1 aromatic rings. The molecule has 0 amide bonds. The van der Waals surface area contributed by atoms with Gasteiger partial charge in [0.05, 0.1) is 36.5 Å². The summed E-state index contributed by atoms with van der Waals surface area (Å²) in [5.74, 6) is 0. The van der Waals surface area contributed by atoms with Crippen molar-refractivity contribution in [3.8, 4) is 0 Å². The molecule has 1 aliphatic rings. The molecular formula is C8H12BrN3O2. The minimum atomic E-state index is 0.142. The van der Waals surface area contributed by atoms with E-state index >= 15 is 0 Å². The zero-order chi connectivity index (χ0) is 9.97. The summed E-state index contributed by atoms with van der Waals surface area (Å²) in [6.07, 6.45) is 1.76. The number of hydrogen-bond donors (Lipinski definition) is 0. The summed E-state index contributed by atoms with van der Waals surface area (Å²) in [4.78, 5) is 0.142. The van der Waals surface area contributed by atoms with Gasteiger partial charge in [0.2, 0.25) is 0 Å². The molecule has 1 atom stereocenters. The van der Waals surface area contributed by atoms with Crippen molar-refractivity contribution in [1.82, 2.24) is 15.0 Å². The Hall–Kier alpha value is -0.460. The van der Waals surface area contributed by atoms with Crippen LogP contribution >= 0.6 is 15.9 Å². The SMILES string of the molecule is COCC(Br)c1cnnn1C1COC1. The van der Waals surface area contributed by atoms with E-state index in [1.165, 1.54) is 0 Å². The highest BCUT2D eigenvalue weighted by atomic mass is 79.9. The molecule has 0 spiro atoms. The number of ether oxygens (including phenoxy) is 2. The third-order valence-corrected chi connectivity index (χ3v) is 2.94. The lowest BCUT2D eigenvalue weighted by Gasteiger charge is -2.27. The van der Waals surface area contributed by atoms with Gasteiger partial charge < -0.3 is 9.47 Å². The van der Waals surface area contributed by atoms with Crippen LogP contribution in [-0.4, -0.2) is 41.9 Å². The first kappa shape index (κ1) is 10.1. The Morgan fingerprint density at radius 1 is 1.79 bits per heavy atom. The maximum atomic E-state index is 5.12. The second-order valence-electron chi connectivity index (χ2n) is 3.22. The summed E-state index contributed by atoms with van der Waals surface area (Å²) >= 11 is 3.53. The number of aromatic nitrogens is 3. The molecule has 2 rings (SSSR count). The first-order valence-corrected chi connectivity index (χ1v) is 5.35. The fourth-order valence-corrected chi connectivity index (χ4v) is 1.95. The lowest BCUT2D eigenvalue weighted by molar-refractivity contribution is -0.0308. The second kappa shape index (κ2) is 4.37. The molecule has 0 radical (unpaired) electrons. The van der Waals surface area contributed by atoms with E-state index < -0.39 is 0 Å². The molecule has 5 nitrogen and oxygen atoms in total. The van der Waals surface area contributed by atoms with Gasteiger partial charge >= 0.3 is 0 Å². The zero-order valence-electron chi connectivity index (χ0n) is 7.89. The van der Waals surface area contributed by atoms with E-state index in [4.69, 9.17) is 9.47 Å². The van der Waals surface area contributed by atoms with Crippen LogP contribution in [0.3, 0.4) is 0 Å². The zero-order valence-corrected chi connectivity index (χ0v) is 9.48. The molecule has 0 N–H and O–H groups in total. The van der Waals surface area contributed by atoms with Gasteiger partial charge in [-0.2, -0.15) is 0 Å². The Balaban J connectivity index is 2.11. The number of alkyl halides is 1. The Kier molecular flexibility index (Phi) is 3.15. The van der Waals surface area contributed by atoms with Gasteiger partial charge in [-0.25, -0.2) is 4.68 Å². The number of halogens is 1. The molecule has 78 valence electrons. The predicted molar refractivity (Wildman–Crippen MR) is 53.4 cm³/mol. The molecule has 0 bridgehead atoms. The summed E-state index contributed by atoms with van der Waals surface area (Å²) in [6, 6.07) is 0.337. The van der Waals surface area contributed by atoms with Crippen LogP contribution in [0.2, 0.25) is 0 Å². The molecule has 0 aliphatic carbocycles. The first-order chi connectivity index (χ1) is 6.83. The molecule has 0 aromatic carbocycles. The predicted octanol–water partition coefficient (Wildman–Crippen LogP) is 0.932. The fourth-order valence-electron chi connectivity index (χ4n) is 1.36. The van der Waals surface area contributed by atoms with E-state index in [9.17, 15) is 0 Å². The Morgan fingerprint density at radius 3 is 3.14 bits per heavy atom. The summed E-state index contributed by atoms with van der Waals surface area (Å²) < 4.78 is 12.1. The number of rotatable bonds is 4. The van der Waals surface area contributed by atoms with Crippen LogP contribution in [0.1, 0.15) is 16.6 Å². The molecule has 14 heavy (non-hydrogen) atoms. The van der Waals surface area contributed by atoms with Crippen LogP contribution in [0, 0.1) is 0 Å². The van der Waals surface area contributed by atoms with E-state index in [1.807, 2.05) is 4.68 Å². The maximum Gasteiger partial charge on any atom is 0.101 e. The summed E-state index contributed by atoms with van der Waals surface area (Å²) in [5, 5.41) is 7.94. The quantitative estimate of drug-likeness (QED) is 0.757. The summed E-state index contributed by atoms with van der Waals surface area (Å²) in [6.45, 7) is 2.06. The van der Waals surface area contributed by atoms with Crippen LogP contribution in [0.25, 0.3) is 0 Å². The minimum Gasteiger partial charge on any atom is -0.383 e. The molecule has 1 fully saturated rings. The van der Waals surface area contributed by atoms with Gasteiger partial charge in [0, 0.05) is 7.11 Å². The number of nitrogens with zero attached hydrogens (tertiary/aromatic N) is 3. The molecular weight excluding hydrogens is 250 g/mol. The van der Waals surface area contributed by atoms with Crippen LogP contribution in [0.5, 0.6) is 0 Å². The van der Waals surface area contributed by atoms with Crippen molar-refractivity contribution in [2.24, 2.45) is 0 Å². The van der Waals surface area contributed by atoms with Crippen LogP contribution in [0.15, 0.2) is 6.20 Å². The highest BCUT2D eigenvalue weighted by Crippen LogP contribution is 2.26. The lowest BCUT2D eigenvalue weighted by atomic mass is 10.2. The van der Waals surface area contributed by atoms with E-state index in [-0.39, 0.29) is 4.83 Å². The van der Waals surface area contributed by atoms with Crippen molar-refractivity contribution < 1.29 is 9.47 Å². The van der Waals surface area contributed by atoms with Crippen LogP contribution in [0.4, 0.5) is 0 Å². The largest absolute Gasteiger partial charge is 0.383 e. The van der Waals surface area contributed by atoms with Gasteiger partial charge in [0.1, 0.15) is 6.04 Å². The first-order valence-electron chi connectivity index (χ1n) is 4.43. The van der Waals surface area contributed by atoms with Crippen molar-refractivity contribution in [3.05, 3.63) is 11.9 Å². The fraction of sp³-hybridized carbons (Fsp3) is 0.750. The van der Waals surface area contributed by atoms with Crippen molar-refractivity contribution in [2.45, 2.75) is 10.9 Å². The van der Waals surface area contributed by atoms with Gasteiger partial charge in [-0.1, -0.05) is 21.1 Å². The highest BCUT2D eigenvalue weighted by molar-refractivity contribution is 9.09. The van der Waals surface area contributed by atoms with E-state index in [2.05, 4.69) is 26.2 Å². The molecule has 1 saturated heterocycles. The van der Waals surface area contributed by atoms with Gasteiger partial charge in [-0.15, -0.1) is 5.10 Å². The van der Waals surface area contributed by atoms with E-state index in [0.717, 1.165) is 18.9 Å². The monoisotopic (exact) mass is 261 g/mol. The lowest BCUT2D eigenvalue weighted by Crippen LogP contribution is -2.33. The average Bonchev–Trinajstić information content (AvgIpc) is 2.50. The highest BCUT2D eigenvalue weighted by Gasteiger charge is 2.26. The minimum absolute atomic E-state index is 0.142. The summed E-state index contributed by atoms with van der Waals surface area (Å²) in [5.41, 5.74) is 1.04. The standard InChI is InChI=1S/C8H12BrN3O2/c1-13-5-7(9)8-2-10-11-12(8)6-3-14-4-6/h2,6-7H,3-5H2,1H3. The van der Waals surface area contributed by atoms with Gasteiger partial charge in [0.25, 0.3) is 0 Å². The normalized spacial score (nSPS) is 19.3. The van der Waals surface area contributed by atoms with Crippen molar-refractivity contribution in [1.29, 1.82) is 0 Å². The average molecular weight is 262 g/mol. The summed E-state index contributed by atoms with van der Waals surface area (Å²) in [7, 11) is 1.68. The van der Waals surface area contributed by atoms with Gasteiger partial charge in [-0.05, 0) is 0 Å². The van der Waals surface area contributed by atoms with E-state index in [0.29, 0.717) is 12.6 Å². The number of methoxy groups -OCH3 is 1. The van der Waals surface area contributed by atoms with Crippen molar-refractivity contribution >= 4 is 15.9 Å². The molecule has 0 saturated carbocycles. The smallest absolute Gasteiger partial charge is 0.101 e.